The van der Waals surface area contributed by atoms with Gasteiger partial charge in [-0.25, -0.2) is 17.6 Å². The van der Waals surface area contributed by atoms with Crippen LogP contribution in [0.2, 0.25) is 0 Å². The first kappa shape index (κ1) is 40.5. The van der Waals surface area contributed by atoms with Crippen molar-refractivity contribution in [3.05, 3.63) is 155 Å². The zero-order chi connectivity index (χ0) is 40.5. The minimum Gasteiger partial charge on any atom is -0.497 e. The number of benzene rings is 5. The van der Waals surface area contributed by atoms with Crippen molar-refractivity contribution in [3.8, 4) is 11.5 Å². The highest BCUT2D eigenvalue weighted by Gasteiger charge is 2.29. The largest absolute Gasteiger partial charge is 0.497 e. The minimum absolute atomic E-state index is 0.0570. The zero-order valence-electron chi connectivity index (χ0n) is 30.8. The summed E-state index contributed by atoms with van der Waals surface area (Å²) < 4.78 is 66.9. The van der Waals surface area contributed by atoms with Crippen molar-refractivity contribution >= 4 is 35.0 Å². The lowest BCUT2D eigenvalue weighted by molar-refractivity contribution is -0.120. The van der Waals surface area contributed by atoms with E-state index in [4.69, 9.17) is 9.47 Å². The van der Waals surface area contributed by atoms with Gasteiger partial charge in [-0.2, -0.15) is 0 Å². The van der Waals surface area contributed by atoms with Gasteiger partial charge in [0.15, 0.2) is 0 Å². The fourth-order valence-electron chi connectivity index (χ4n) is 5.95. The summed E-state index contributed by atoms with van der Waals surface area (Å²) in [6.07, 6.45) is -0.571. The highest BCUT2D eigenvalue weighted by molar-refractivity contribution is 6.05. The van der Waals surface area contributed by atoms with E-state index in [1.165, 1.54) is 62.4 Å². The van der Waals surface area contributed by atoms with Gasteiger partial charge in [-0.15, -0.1) is 0 Å². The van der Waals surface area contributed by atoms with Crippen LogP contribution in [0.3, 0.4) is 0 Å². The van der Waals surface area contributed by atoms with Crippen molar-refractivity contribution in [2.75, 3.05) is 38.1 Å². The quantitative estimate of drug-likeness (QED) is 0.129. The number of anilines is 2. The van der Waals surface area contributed by atoms with Crippen LogP contribution in [0.25, 0.3) is 0 Å². The molecule has 0 spiro atoms. The van der Waals surface area contributed by atoms with E-state index in [0.29, 0.717) is 35.0 Å². The van der Waals surface area contributed by atoms with Crippen LogP contribution >= 0.6 is 0 Å². The summed E-state index contributed by atoms with van der Waals surface area (Å²) in [4.78, 5) is 57.6. The number of hydrogen-bond acceptors (Lipinski definition) is 6. The van der Waals surface area contributed by atoms with Gasteiger partial charge in [-0.3, -0.25) is 19.2 Å². The second-order valence-corrected chi connectivity index (χ2v) is 12.8. The lowest BCUT2D eigenvalue weighted by Crippen LogP contribution is -2.49. The van der Waals surface area contributed by atoms with Gasteiger partial charge in [0.2, 0.25) is 11.8 Å². The van der Waals surface area contributed by atoms with Crippen molar-refractivity contribution in [2.24, 2.45) is 0 Å². The van der Waals surface area contributed by atoms with Gasteiger partial charge in [0.05, 0.1) is 14.2 Å². The molecule has 5 aromatic rings. The second kappa shape index (κ2) is 18.1. The molecule has 56 heavy (non-hydrogen) atoms. The number of rotatable bonds is 14. The van der Waals surface area contributed by atoms with E-state index in [1.807, 2.05) is 0 Å². The molecule has 5 aromatic carbocycles. The van der Waals surface area contributed by atoms with E-state index in [1.54, 1.807) is 48.5 Å². The number of hydrogen-bond donors (Lipinski definition) is 2. The third kappa shape index (κ3) is 10.3. The average Bonchev–Trinajstić information content (AvgIpc) is 3.18. The number of carbonyl (C=O) groups is 4. The minimum atomic E-state index is -1.32. The van der Waals surface area contributed by atoms with Crippen LogP contribution in [0.1, 0.15) is 31.8 Å². The summed E-state index contributed by atoms with van der Waals surface area (Å²) in [5, 5.41) is 5.26. The first-order chi connectivity index (χ1) is 26.7. The molecule has 0 unspecified atom stereocenters. The number of carbonyl (C=O) groups excluding carboxylic acids is 4. The Morgan fingerprint density at radius 1 is 0.536 bits per heavy atom. The van der Waals surface area contributed by atoms with E-state index in [9.17, 15) is 36.7 Å². The molecule has 0 saturated carbocycles. The third-order valence-electron chi connectivity index (χ3n) is 8.90. The number of methoxy groups -OCH3 is 2. The molecule has 0 heterocycles. The Kier molecular flexibility index (Phi) is 13.1. The fraction of sp³-hybridized carbons (Fsp3) is 0.190. The summed E-state index contributed by atoms with van der Waals surface area (Å²) in [6, 6.07) is 21.4. The number of nitrogens with one attached hydrogen (secondary N) is 2. The van der Waals surface area contributed by atoms with Crippen molar-refractivity contribution in [3.63, 3.8) is 0 Å². The lowest BCUT2D eigenvalue weighted by atomic mass is 10.0. The van der Waals surface area contributed by atoms with Crippen molar-refractivity contribution in [1.82, 2.24) is 10.6 Å². The molecular weight excluding hydrogens is 732 g/mol. The summed E-state index contributed by atoms with van der Waals surface area (Å²) in [5.41, 5.74) is 0.984. The van der Waals surface area contributed by atoms with E-state index >= 15 is 0 Å². The number of nitrogens with zero attached hydrogens (tertiary/aromatic N) is 2. The molecule has 2 atom stereocenters. The van der Waals surface area contributed by atoms with Crippen molar-refractivity contribution in [1.29, 1.82) is 0 Å². The summed E-state index contributed by atoms with van der Waals surface area (Å²) in [6.45, 7) is 0. The highest BCUT2D eigenvalue weighted by Crippen LogP contribution is 2.22. The van der Waals surface area contributed by atoms with E-state index in [0.717, 1.165) is 24.3 Å². The molecule has 0 aliphatic heterocycles. The van der Waals surface area contributed by atoms with Crippen LogP contribution in [0.5, 0.6) is 11.5 Å². The van der Waals surface area contributed by atoms with Gasteiger partial charge >= 0.3 is 0 Å². The lowest BCUT2D eigenvalue weighted by Gasteiger charge is -2.26. The van der Waals surface area contributed by atoms with Gasteiger partial charge in [0, 0.05) is 61.6 Å². The van der Waals surface area contributed by atoms with Gasteiger partial charge < -0.3 is 29.9 Å². The third-order valence-corrected chi connectivity index (χ3v) is 8.90. The van der Waals surface area contributed by atoms with E-state index in [-0.39, 0.29) is 35.1 Å². The topological polar surface area (TPSA) is 117 Å². The Labute approximate surface area is 320 Å². The normalized spacial score (nSPS) is 11.9. The van der Waals surface area contributed by atoms with Crippen LogP contribution in [0.15, 0.2) is 109 Å². The predicted molar refractivity (Wildman–Crippen MR) is 202 cm³/mol. The molecule has 290 valence electrons. The van der Waals surface area contributed by atoms with E-state index < -0.39 is 59.0 Å². The molecule has 0 radical (unpaired) electrons. The van der Waals surface area contributed by atoms with Crippen LogP contribution in [-0.4, -0.2) is 64.0 Å². The Balaban J connectivity index is 1.39. The molecule has 0 aliphatic carbocycles. The van der Waals surface area contributed by atoms with Crippen LogP contribution in [0.4, 0.5) is 28.9 Å². The number of likely N-dealkylation sites (N-methyl/N-ethyl adjacent to an activating group) is 2. The Hall–Kier alpha value is -6.70. The molecule has 4 amide bonds. The standard InChI is InChI=1S/C42H38F4N4O6/c1-49(33-8-12-35(55-3)13-9-33)41(53)37(20-25-16-29(43)23-30(44)17-25)47-39(51)27-6-5-7-28(22-27)40(52)48-38(21-26-18-31(45)24-32(46)19-26)42(54)50(2)34-10-14-36(56-4)15-11-34/h5-19,22-24,37-38H,20-21H2,1-4H3,(H,47,51)(H,48,52)/t37-,38-/m0/s1. The molecule has 0 aliphatic rings. The van der Waals surface area contributed by atoms with Crippen molar-refractivity contribution in [2.45, 2.75) is 24.9 Å². The van der Waals surface area contributed by atoms with Gasteiger partial charge in [-0.05, 0) is 102 Å². The van der Waals surface area contributed by atoms with Gasteiger partial charge in [0.25, 0.3) is 11.8 Å². The van der Waals surface area contributed by atoms with Gasteiger partial charge in [-0.1, -0.05) is 6.07 Å². The smallest absolute Gasteiger partial charge is 0.251 e. The molecule has 0 fully saturated rings. The maximum absolute atomic E-state index is 14.1. The Bertz CT molecular complexity index is 2030. The monoisotopic (exact) mass is 770 g/mol. The SMILES string of the molecule is COc1ccc(N(C)C(=O)[C@H](Cc2cc(F)cc(F)c2)NC(=O)c2cccc(C(=O)N[C@@H](Cc3cc(F)cc(F)c3)C(=O)N(C)c3ccc(OC)cc3)c2)cc1. The number of halogens is 4. The maximum atomic E-state index is 14.1. The average molecular weight is 771 g/mol. The molecule has 14 heteroatoms. The zero-order valence-corrected chi connectivity index (χ0v) is 30.8. The van der Waals surface area contributed by atoms with Crippen LogP contribution in [0, 0.1) is 23.3 Å². The Morgan fingerprint density at radius 3 is 1.20 bits per heavy atom. The molecule has 2 N–H and O–H groups in total. The molecule has 0 bridgehead atoms. The summed E-state index contributed by atoms with van der Waals surface area (Å²) in [5.74, 6) is -5.19. The highest BCUT2D eigenvalue weighted by atomic mass is 19.1. The first-order valence-corrected chi connectivity index (χ1v) is 17.2. The maximum Gasteiger partial charge on any atom is 0.251 e. The van der Waals surface area contributed by atoms with E-state index in [2.05, 4.69) is 10.6 Å². The Morgan fingerprint density at radius 2 is 0.875 bits per heavy atom. The number of amides is 4. The first-order valence-electron chi connectivity index (χ1n) is 17.2. The van der Waals surface area contributed by atoms with Gasteiger partial charge in [0.1, 0.15) is 46.9 Å². The van der Waals surface area contributed by atoms with Crippen LogP contribution in [-0.2, 0) is 22.4 Å². The molecule has 10 nitrogen and oxygen atoms in total. The molecule has 5 rings (SSSR count). The molecule has 0 aromatic heterocycles. The molecular formula is C42H38F4N4O6. The second-order valence-electron chi connectivity index (χ2n) is 12.8. The summed E-state index contributed by atoms with van der Waals surface area (Å²) in [7, 11) is 5.93. The van der Waals surface area contributed by atoms with Crippen molar-refractivity contribution < 1.29 is 46.2 Å². The summed E-state index contributed by atoms with van der Waals surface area (Å²) >= 11 is 0. The fourth-order valence-corrected chi connectivity index (χ4v) is 5.95. The number of ether oxygens (including phenoxy) is 2. The predicted octanol–water partition coefficient (Wildman–Crippen LogP) is 6.27. The molecule has 0 saturated heterocycles. The van der Waals surface area contributed by atoms with Crippen LogP contribution < -0.4 is 29.9 Å².